The van der Waals surface area contributed by atoms with Crippen LogP contribution in [0.5, 0.6) is 0 Å². The highest BCUT2D eigenvalue weighted by Crippen LogP contribution is 2.49. The lowest BCUT2D eigenvalue weighted by molar-refractivity contribution is 0.559. The Bertz CT molecular complexity index is 529. The second kappa shape index (κ2) is 4.97. The first-order valence-corrected chi connectivity index (χ1v) is 6.79. The average molecular weight is 238 g/mol. The molecular weight excluding hydrogens is 216 g/mol. The molecule has 1 unspecified atom stereocenters. The first-order valence-electron chi connectivity index (χ1n) is 6.79. The molecule has 0 fully saturated rings. The third kappa shape index (κ3) is 1.77. The Morgan fingerprint density at radius 1 is 1.06 bits per heavy atom. The van der Waals surface area contributed by atoms with Gasteiger partial charge in [0.05, 0.1) is 0 Å². The van der Waals surface area contributed by atoms with Crippen molar-refractivity contribution in [3.05, 3.63) is 65.3 Å². The minimum atomic E-state index is 0.151. The lowest BCUT2D eigenvalue weighted by Crippen LogP contribution is -2.20. The predicted octanol–water partition coefficient (Wildman–Crippen LogP) is 5.27. The molecule has 0 saturated heterocycles. The second-order valence-corrected chi connectivity index (χ2v) is 5.06. The maximum atomic E-state index is 2.36. The van der Waals surface area contributed by atoms with Gasteiger partial charge in [0.1, 0.15) is 0 Å². The quantitative estimate of drug-likeness (QED) is 0.672. The average Bonchev–Trinajstić information content (AvgIpc) is 2.63. The summed E-state index contributed by atoms with van der Waals surface area (Å²) in [6, 6.07) is 8.81. The van der Waals surface area contributed by atoms with Crippen LogP contribution in [0.2, 0.25) is 0 Å². The van der Waals surface area contributed by atoms with Crippen molar-refractivity contribution in [2.45, 2.75) is 39.5 Å². The van der Waals surface area contributed by atoms with Crippen LogP contribution in [0.25, 0.3) is 5.57 Å². The Balaban J connectivity index is 2.75. The summed E-state index contributed by atoms with van der Waals surface area (Å²) in [7, 11) is 0. The van der Waals surface area contributed by atoms with Gasteiger partial charge in [-0.25, -0.2) is 0 Å². The van der Waals surface area contributed by atoms with Gasteiger partial charge in [0.25, 0.3) is 0 Å². The molecule has 1 atom stereocenters. The van der Waals surface area contributed by atoms with Crippen molar-refractivity contribution in [2.75, 3.05) is 0 Å². The van der Waals surface area contributed by atoms with Gasteiger partial charge < -0.3 is 0 Å². The molecule has 0 heteroatoms. The lowest BCUT2D eigenvalue weighted by Gasteiger charge is -2.26. The van der Waals surface area contributed by atoms with Crippen LogP contribution < -0.4 is 0 Å². The van der Waals surface area contributed by atoms with Gasteiger partial charge in [0.15, 0.2) is 0 Å². The summed E-state index contributed by atoms with van der Waals surface area (Å²) in [6.45, 7) is 8.82. The Kier molecular flexibility index (Phi) is 3.56. The molecule has 0 nitrogen and oxygen atoms in total. The summed E-state index contributed by atoms with van der Waals surface area (Å²) in [6.07, 6.45) is 9.94. The molecule has 2 rings (SSSR count). The number of hydrogen-bond donors (Lipinski definition) is 0. The van der Waals surface area contributed by atoms with Crippen molar-refractivity contribution in [3.8, 4) is 0 Å². The van der Waals surface area contributed by atoms with Crippen molar-refractivity contribution in [3.63, 3.8) is 0 Å². The highest BCUT2D eigenvalue weighted by molar-refractivity contribution is 5.87. The Labute approximate surface area is 111 Å². The van der Waals surface area contributed by atoms with E-state index in [2.05, 4.69) is 76.3 Å². The van der Waals surface area contributed by atoms with E-state index >= 15 is 0 Å². The predicted molar refractivity (Wildman–Crippen MR) is 80.6 cm³/mol. The minimum absolute atomic E-state index is 0.151. The number of benzene rings is 1. The van der Waals surface area contributed by atoms with Gasteiger partial charge >= 0.3 is 0 Å². The van der Waals surface area contributed by atoms with Gasteiger partial charge in [0, 0.05) is 5.41 Å². The monoisotopic (exact) mass is 238 g/mol. The molecule has 0 saturated carbocycles. The van der Waals surface area contributed by atoms with Crippen LogP contribution in [-0.2, 0) is 5.41 Å². The van der Waals surface area contributed by atoms with Crippen molar-refractivity contribution in [1.82, 2.24) is 0 Å². The lowest BCUT2D eigenvalue weighted by atomic mass is 9.76. The van der Waals surface area contributed by atoms with E-state index in [-0.39, 0.29) is 5.41 Å². The summed E-state index contributed by atoms with van der Waals surface area (Å²) in [5, 5.41) is 0. The van der Waals surface area contributed by atoms with E-state index in [1.807, 2.05) is 0 Å². The number of rotatable bonds is 3. The second-order valence-electron chi connectivity index (χ2n) is 5.06. The topological polar surface area (TPSA) is 0 Å². The molecule has 0 aromatic heterocycles. The van der Waals surface area contributed by atoms with Crippen LogP contribution in [0.1, 0.15) is 45.2 Å². The molecule has 0 N–H and O–H groups in total. The summed E-state index contributed by atoms with van der Waals surface area (Å²) < 4.78 is 0. The molecule has 0 aliphatic heterocycles. The zero-order valence-electron chi connectivity index (χ0n) is 11.8. The van der Waals surface area contributed by atoms with Crippen molar-refractivity contribution in [1.29, 1.82) is 0 Å². The number of allylic oxidation sites excluding steroid dienone is 6. The highest BCUT2D eigenvalue weighted by Gasteiger charge is 2.37. The Morgan fingerprint density at radius 2 is 1.72 bits per heavy atom. The van der Waals surface area contributed by atoms with Crippen LogP contribution >= 0.6 is 0 Å². The fraction of sp³-hybridized carbons (Fsp3) is 0.333. The van der Waals surface area contributed by atoms with Gasteiger partial charge in [-0.2, -0.15) is 0 Å². The summed E-state index contributed by atoms with van der Waals surface area (Å²) in [4.78, 5) is 0. The summed E-state index contributed by atoms with van der Waals surface area (Å²) in [5.74, 6) is 0. The van der Waals surface area contributed by atoms with E-state index in [1.165, 1.54) is 22.3 Å². The molecule has 1 aliphatic carbocycles. The molecule has 1 aromatic rings. The van der Waals surface area contributed by atoms with E-state index in [1.54, 1.807) is 0 Å². The molecular formula is C18H22. The van der Waals surface area contributed by atoms with Crippen LogP contribution in [-0.4, -0.2) is 0 Å². The molecule has 0 spiro atoms. The van der Waals surface area contributed by atoms with E-state index in [9.17, 15) is 0 Å². The van der Waals surface area contributed by atoms with E-state index in [0.29, 0.717) is 0 Å². The largest absolute Gasteiger partial charge is 0.0873 e. The molecule has 0 radical (unpaired) electrons. The van der Waals surface area contributed by atoms with Crippen LogP contribution in [0, 0.1) is 0 Å². The standard InChI is InChI=1S/C18H22/c1-5-10-14-15-12-8-9-13-17(15)18(4,7-3)16(14)11-6-2/h5-6,8-13H,7H2,1-4H3/b10-5-,11-6-. The smallest absolute Gasteiger partial charge is 0.0184 e. The van der Waals surface area contributed by atoms with Gasteiger partial charge in [-0.05, 0) is 42.5 Å². The van der Waals surface area contributed by atoms with Crippen molar-refractivity contribution >= 4 is 5.57 Å². The zero-order chi connectivity index (χ0) is 13.2. The third-order valence-corrected chi connectivity index (χ3v) is 4.07. The fourth-order valence-corrected chi connectivity index (χ4v) is 2.95. The summed E-state index contributed by atoms with van der Waals surface area (Å²) in [5.41, 5.74) is 5.85. The zero-order valence-corrected chi connectivity index (χ0v) is 11.8. The molecule has 0 heterocycles. The van der Waals surface area contributed by atoms with Crippen LogP contribution in [0.4, 0.5) is 0 Å². The fourth-order valence-electron chi connectivity index (χ4n) is 2.95. The summed E-state index contributed by atoms with van der Waals surface area (Å²) >= 11 is 0. The van der Waals surface area contributed by atoms with Gasteiger partial charge in [-0.1, -0.05) is 62.4 Å². The SMILES string of the molecule is C/C=C\C1=C(/C=C\C)C(C)(CC)c2ccccc21. The van der Waals surface area contributed by atoms with Gasteiger partial charge in [0.2, 0.25) is 0 Å². The maximum Gasteiger partial charge on any atom is 0.0184 e. The third-order valence-electron chi connectivity index (χ3n) is 4.07. The van der Waals surface area contributed by atoms with Gasteiger partial charge in [-0.3, -0.25) is 0 Å². The molecule has 1 aliphatic rings. The molecule has 94 valence electrons. The molecule has 0 amide bonds. The van der Waals surface area contributed by atoms with Gasteiger partial charge in [-0.15, -0.1) is 0 Å². The van der Waals surface area contributed by atoms with E-state index in [4.69, 9.17) is 0 Å². The molecule has 0 bridgehead atoms. The number of fused-ring (bicyclic) bond motifs is 1. The van der Waals surface area contributed by atoms with Crippen molar-refractivity contribution < 1.29 is 0 Å². The number of hydrogen-bond acceptors (Lipinski definition) is 0. The Hall–Kier alpha value is -1.56. The van der Waals surface area contributed by atoms with Crippen LogP contribution in [0.3, 0.4) is 0 Å². The van der Waals surface area contributed by atoms with E-state index < -0.39 is 0 Å². The first-order chi connectivity index (χ1) is 8.69. The maximum absolute atomic E-state index is 2.36. The molecule has 1 aromatic carbocycles. The minimum Gasteiger partial charge on any atom is -0.0873 e. The molecule has 18 heavy (non-hydrogen) atoms. The van der Waals surface area contributed by atoms with Crippen LogP contribution in [0.15, 0.2) is 54.1 Å². The normalized spacial score (nSPS) is 23.3. The Morgan fingerprint density at radius 3 is 2.33 bits per heavy atom. The first kappa shape index (κ1) is 12.9. The highest BCUT2D eigenvalue weighted by atomic mass is 14.4. The van der Waals surface area contributed by atoms with Crippen molar-refractivity contribution in [2.24, 2.45) is 0 Å². The van der Waals surface area contributed by atoms with E-state index in [0.717, 1.165) is 6.42 Å².